The highest BCUT2D eigenvalue weighted by Gasteiger charge is 2.37. The Morgan fingerprint density at radius 3 is 2.79 bits per heavy atom. The second-order valence-corrected chi connectivity index (χ2v) is 3.16. The molecular formula is C9H11NO4. The molecule has 1 heterocycles. The van der Waals surface area contributed by atoms with E-state index in [1.807, 2.05) is 6.07 Å². The zero-order chi connectivity index (χ0) is 10.7. The molecule has 0 amide bonds. The summed E-state index contributed by atoms with van der Waals surface area (Å²) in [5.74, 6) is -0.778. The van der Waals surface area contributed by atoms with E-state index >= 15 is 0 Å². The van der Waals surface area contributed by atoms with Crippen LogP contribution in [0.5, 0.6) is 0 Å². The third-order valence-electron chi connectivity index (χ3n) is 1.95. The molecule has 0 aliphatic carbocycles. The Morgan fingerprint density at radius 1 is 1.71 bits per heavy atom. The summed E-state index contributed by atoms with van der Waals surface area (Å²) in [6.07, 6.45) is -2.15. The molecule has 3 atom stereocenters. The van der Waals surface area contributed by atoms with Crippen molar-refractivity contribution in [1.29, 1.82) is 5.26 Å². The third-order valence-corrected chi connectivity index (χ3v) is 1.95. The zero-order valence-electron chi connectivity index (χ0n) is 8.02. The van der Waals surface area contributed by atoms with Gasteiger partial charge < -0.3 is 9.47 Å². The monoisotopic (exact) mass is 197 g/mol. The zero-order valence-corrected chi connectivity index (χ0v) is 8.02. The van der Waals surface area contributed by atoms with Crippen molar-refractivity contribution in [3.63, 3.8) is 0 Å². The van der Waals surface area contributed by atoms with Crippen LogP contribution in [-0.2, 0) is 19.1 Å². The van der Waals surface area contributed by atoms with Crippen LogP contribution in [0.2, 0.25) is 0 Å². The molecule has 14 heavy (non-hydrogen) atoms. The molecule has 0 bridgehead atoms. The van der Waals surface area contributed by atoms with Gasteiger partial charge in [0.25, 0.3) is 0 Å². The van der Waals surface area contributed by atoms with Crippen LogP contribution < -0.4 is 0 Å². The number of nitriles is 1. The third kappa shape index (κ3) is 2.30. The van der Waals surface area contributed by atoms with Crippen LogP contribution in [0.4, 0.5) is 0 Å². The highest BCUT2D eigenvalue weighted by molar-refractivity contribution is 5.87. The molecule has 76 valence electrons. The lowest BCUT2D eigenvalue weighted by molar-refractivity contribution is -0.171. The van der Waals surface area contributed by atoms with Crippen molar-refractivity contribution in [1.82, 2.24) is 0 Å². The average molecular weight is 197 g/mol. The minimum atomic E-state index is -0.864. The van der Waals surface area contributed by atoms with Gasteiger partial charge in [-0.15, -0.1) is 0 Å². The fraction of sp³-hybridized carbons (Fsp3) is 0.667. The Morgan fingerprint density at radius 2 is 2.36 bits per heavy atom. The van der Waals surface area contributed by atoms with Gasteiger partial charge in [0.2, 0.25) is 0 Å². The standard InChI is InChI=1S/C9H11NO4/c1-5-9(14-6(2)11)8(12)3-7(4-10)13-5/h5,7,9H,3H2,1-2H3/t5-,7+,9-/m0/s1. The molecule has 0 aromatic heterocycles. The number of nitrogens with zero attached hydrogens (tertiary/aromatic N) is 1. The van der Waals surface area contributed by atoms with Gasteiger partial charge in [0, 0.05) is 6.92 Å². The number of carbonyl (C=O) groups is 2. The molecule has 0 N–H and O–H groups in total. The summed E-state index contributed by atoms with van der Waals surface area (Å²) in [6, 6.07) is 1.86. The summed E-state index contributed by atoms with van der Waals surface area (Å²) in [5, 5.41) is 8.56. The van der Waals surface area contributed by atoms with Crippen LogP contribution in [-0.4, -0.2) is 30.1 Å². The fourth-order valence-electron chi connectivity index (χ4n) is 1.36. The van der Waals surface area contributed by atoms with Crippen LogP contribution in [0, 0.1) is 11.3 Å². The van der Waals surface area contributed by atoms with Crippen LogP contribution in [0.1, 0.15) is 20.3 Å². The SMILES string of the molecule is CC(=O)O[C@@H]1C(=O)C[C@H](C#N)O[C@H]1C. The predicted octanol–water partition coefficient (Wildman–Crippen LogP) is 0.188. The first kappa shape index (κ1) is 10.7. The Kier molecular flexibility index (Phi) is 3.20. The fourth-order valence-corrected chi connectivity index (χ4v) is 1.36. The number of hydrogen-bond donors (Lipinski definition) is 0. The molecule has 0 spiro atoms. The van der Waals surface area contributed by atoms with Gasteiger partial charge >= 0.3 is 5.97 Å². The van der Waals surface area contributed by atoms with E-state index in [0.29, 0.717) is 0 Å². The van der Waals surface area contributed by atoms with E-state index in [1.54, 1.807) is 6.92 Å². The van der Waals surface area contributed by atoms with Gasteiger partial charge in [0.05, 0.1) is 12.5 Å². The van der Waals surface area contributed by atoms with Gasteiger partial charge in [-0.05, 0) is 6.92 Å². The normalized spacial score (nSPS) is 32.1. The quantitative estimate of drug-likeness (QED) is 0.561. The van der Waals surface area contributed by atoms with E-state index in [-0.39, 0.29) is 12.2 Å². The summed E-state index contributed by atoms with van der Waals surface area (Å²) >= 11 is 0. The van der Waals surface area contributed by atoms with Crippen molar-refractivity contribution in [2.24, 2.45) is 0 Å². The molecule has 1 aliphatic rings. The molecule has 1 saturated heterocycles. The molecule has 5 nitrogen and oxygen atoms in total. The van der Waals surface area contributed by atoms with Gasteiger partial charge in [-0.1, -0.05) is 0 Å². The molecule has 1 rings (SSSR count). The van der Waals surface area contributed by atoms with Crippen LogP contribution in [0.15, 0.2) is 0 Å². The molecular weight excluding hydrogens is 186 g/mol. The van der Waals surface area contributed by atoms with Crippen LogP contribution in [0.25, 0.3) is 0 Å². The lowest BCUT2D eigenvalue weighted by Crippen LogP contribution is -2.45. The number of hydrogen-bond acceptors (Lipinski definition) is 5. The summed E-state index contributed by atoms with van der Waals surface area (Å²) < 4.78 is 9.95. The number of Topliss-reactive ketones (excluding diaryl/α,β-unsaturated/α-hetero) is 1. The molecule has 0 aromatic carbocycles. The topological polar surface area (TPSA) is 76.4 Å². The van der Waals surface area contributed by atoms with Crippen molar-refractivity contribution < 1.29 is 19.1 Å². The summed E-state index contributed by atoms with van der Waals surface area (Å²) in [5.41, 5.74) is 0. The molecule has 5 heteroatoms. The molecule has 0 aromatic rings. The Labute approximate surface area is 81.6 Å². The van der Waals surface area contributed by atoms with Gasteiger partial charge in [-0.2, -0.15) is 5.26 Å². The minimum Gasteiger partial charge on any atom is -0.452 e. The van der Waals surface area contributed by atoms with E-state index in [4.69, 9.17) is 14.7 Å². The first-order valence-corrected chi connectivity index (χ1v) is 4.29. The van der Waals surface area contributed by atoms with Crippen molar-refractivity contribution in [3.8, 4) is 6.07 Å². The first-order valence-electron chi connectivity index (χ1n) is 4.29. The van der Waals surface area contributed by atoms with Crippen LogP contribution >= 0.6 is 0 Å². The van der Waals surface area contributed by atoms with E-state index in [1.165, 1.54) is 6.92 Å². The van der Waals surface area contributed by atoms with Crippen molar-refractivity contribution in [2.75, 3.05) is 0 Å². The van der Waals surface area contributed by atoms with E-state index in [2.05, 4.69) is 0 Å². The maximum atomic E-state index is 11.4. The number of rotatable bonds is 1. The van der Waals surface area contributed by atoms with Gasteiger partial charge in [-0.3, -0.25) is 9.59 Å². The Balaban J connectivity index is 2.66. The maximum absolute atomic E-state index is 11.4. The molecule has 1 aliphatic heterocycles. The smallest absolute Gasteiger partial charge is 0.303 e. The molecule has 0 saturated carbocycles. The van der Waals surface area contributed by atoms with E-state index in [0.717, 1.165) is 0 Å². The van der Waals surface area contributed by atoms with E-state index < -0.39 is 24.3 Å². The Bertz CT molecular complexity index is 294. The Hall–Kier alpha value is -1.41. The molecule has 0 unspecified atom stereocenters. The summed E-state index contributed by atoms with van der Waals surface area (Å²) in [7, 11) is 0. The van der Waals surface area contributed by atoms with Crippen molar-refractivity contribution >= 4 is 11.8 Å². The predicted molar refractivity (Wildman–Crippen MR) is 45.1 cm³/mol. The summed E-state index contributed by atoms with van der Waals surface area (Å²) in [4.78, 5) is 22.1. The maximum Gasteiger partial charge on any atom is 0.303 e. The van der Waals surface area contributed by atoms with Crippen molar-refractivity contribution in [3.05, 3.63) is 0 Å². The van der Waals surface area contributed by atoms with E-state index in [9.17, 15) is 9.59 Å². The lowest BCUT2D eigenvalue weighted by atomic mass is 10.0. The molecule has 1 fully saturated rings. The highest BCUT2D eigenvalue weighted by Crippen LogP contribution is 2.18. The number of carbonyl (C=O) groups excluding carboxylic acids is 2. The second kappa shape index (κ2) is 4.20. The second-order valence-electron chi connectivity index (χ2n) is 3.16. The van der Waals surface area contributed by atoms with Crippen molar-refractivity contribution in [2.45, 2.75) is 38.6 Å². The number of ketones is 1. The number of ether oxygens (including phenoxy) is 2. The average Bonchev–Trinajstić information content (AvgIpc) is 2.10. The van der Waals surface area contributed by atoms with Gasteiger partial charge in [0.1, 0.15) is 6.10 Å². The minimum absolute atomic E-state index is 0.0151. The largest absolute Gasteiger partial charge is 0.452 e. The first-order chi connectivity index (χ1) is 6.54. The summed E-state index contributed by atoms with van der Waals surface area (Å²) in [6.45, 7) is 2.84. The lowest BCUT2D eigenvalue weighted by Gasteiger charge is -2.29. The highest BCUT2D eigenvalue weighted by atomic mass is 16.6. The van der Waals surface area contributed by atoms with Crippen LogP contribution in [0.3, 0.4) is 0 Å². The molecule has 0 radical (unpaired) electrons. The number of esters is 1. The van der Waals surface area contributed by atoms with Gasteiger partial charge in [-0.25, -0.2) is 0 Å². The van der Waals surface area contributed by atoms with Gasteiger partial charge in [0.15, 0.2) is 18.0 Å².